The first-order valence-corrected chi connectivity index (χ1v) is 8.97. The van der Waals surface area contributed by atoms with E-state index in [0.29, 0.717) is 0 Å². The molecule has 0 unspecified atom stereocenters. The Hall–Kier alpha value is -0.940. The molecule has 0 atom stereocenters. The molecule has 4 rings (SSSR count). The molecule has 0 aliphatic rings. The van der Waals surface area contributed by atoms with Crippen molar-refractivity contribution in [1.29, 1.82) is 0 Å². The smallest absolute Gasteiger partial charge is 0.0550 e. The van der Waals surface area contributed by atoms with Gasteiger partial charge in [-0.25, -0.2) is 0 Å². The molecule has 0 saturated carbocycles. The van der Waals surface area contributed by atoms with E-state index < -0.39 is 0 Å². The third-order valence-corrected chi connectivity index (χ3v) is 6.96. The van der Waals surface area contributed by atoms with Gasteiger partial charge in [0.25, 0.3) is 0 Å². The molecule has 0 nitrogen and oxygen atoms in total. The van der Waals surface area contributed by atoms with Gasteiger partial charge in [0.15, 0.2) is 0 Å². The number of thiophene rings is 4. The van der Waals surface area contributed by atoms with Gasteiger partial charge in [0.1, 0.15) is 0 Å². The normalized spacial score (nSPS) is 11.3. The number of hydrogen-bond donors (Lipinski definition) is 0. The molecule has 0 radical (unpaired) electrons. The topological polar surface area (TPSA) is 0 Å². The van der Waals surface area contributed by atoms with E-state index >= 15 is 0 Å². The first-order valence-electron chi connectivity index (χ1n) is 5.51. The first-order chi connectivity index (χ1) is 8.93. The molecule has 0 aliphatic carbocycles. The lowest BCUT2D eigenvalue weighted by molar-refractivity contribution is 1.92. The summed E-state index contributed by atoms with van der Waals surface area (Å²) in [7, 11) is 0. The van der Waals surface area contributed by atoms with Gasteiger partial charge in [-0.15, -0.1) is 45.3 Å². The Labute approximate surface area is 121 Å². The molecule has 0 fully saturated rings. The second-order valence-electron chi connectivity index (χ2n) is 3.87. The SMILES string of the molecule is c1csc(-c2sc3ccsc3c2-c2cccs2)c1. The van der Waals surface area contributed by atoms with E-state index in [-0.39, 0.29) is 0 Å². The van der Waals surface area contributed by atoms with Crippen LogP contribution in [0.3, 0.4) is 0 Å². The molecule has 0 amide bonds. The Morgan fingerprint density at radius 2 is 1.50 bits per heavy atom. The lowest BCUT2D eigenvalue weighted by Crippen LogP contribution is -1.70. The van der Waals surface area contributed by atoms with E-state index in [4.69, 9.17) is 0 Å². The highest BCUT2D eigenvalue weighted by atomic mass is 32.1. The third-order valence-electron chi connectivity index (χ3n) is 2.81. The summed E-state index contributed by atoms with van der Waals surface area (Å²) in [6, 6.07) is 10.9. The maximum absolute atomic E-state index is 2.24. The highest BCUT2D eigenvalue weighted by Crippen LogP contribution is 2.49. The number of fused-ring (bicyclic) bond motifs is 1. The van der Waals surface area contributed by atoms with Crippen LogP contribution in [0.25, 0.3) is 29.6 Å². The summed E-state index contributed by atoms with van der Waals surface area (Å²) in [5.74, 6) is 0. The third kappa shape index (κ3) is 1.61. The molecule has 18 heavy (non-hydrogen) atoms. The predicted molar refractivity (Wildman–Crippen MR) is 86.3 cm³/mol. The van der Waals surface area contributed by atoms with Crippen LogP contribution < -0.4 is 0 Å². The molecule has 88 valence electrons. The van der Waals surface area contributed by atoms with Gasteiger partial charge in [-0.3, -0.25) is 0 Å². The Kier molecular flexibility index (Phi) is 2.62. The van der Waals surface area contributed by atoms with E-state index in [1.165, 1.54) is 29.6 Å². The van der Waals surface area contributed by atoms with Gasteiger partial charge in [-0.1, -0.05) is 12.1 Å². The zero-order valence-electron chi connectivity index (χ0n) is 9.25. The maximum atomic E-state index is 2.24. The number of rotatable bonds is 2. The van der Waals surface area contributed by atoms with Crippen LogP contribution in [0.4, 0.5) is 0 Å². The van der Waals surface area contributed by atoms with Crippen LogP contribution in [-0.2, 0) is 0 Å². The van der Waals surface area contributed by atoms with Crippen LogP contribution in [-0.4, -0.2) is 0 Å². The van der Waals surface area contributed by atoms with Crippen LogP contribution >= 0.6 is 45.3 Å². The van der Waals surface area contributed by atoms with Crippen molar-refractivity contribution in [3.63, 3.8) is 0 Å². The van der Waals surface area contributed by atoms with Gasteiger partial charge in [-0.05, 0) is 34.3 Å². The standard InChI is InChI=1S/C14H8S4/c1-3-9(15-6-1)12-13-11(5-8-17-13)18-14(12)10-4-2-7-16-10/h1-8H. The van der Waals surface area contributed by atoms with Gasteiger partial charge < -0.3 is 0 Å². The largest absolute Gasteiger partial charge is 0.144 e. The fourth-order valence-electron chi connectivity index (χ4n) is 2.05. The van der Waals surface area contributed by atoms with Gasteiger partial charge in [0.2, 0.25) is 0 Å². The van der Waals surface area contributed by atoms with E-state index in [1.54, 1.807) is 0 Å². The van der Waals surface area contributed by atoms with E-state index in [1.807, 2.05) is 45.3 Å². The quantitative estimate of drug-likeness (QED) is 0.401. The minimum atomic E-state index is 1.38. The molecule has 0 aliphatic heterocycles. The van der Waals surface area contributed by atoms with Crippen LogP contribution in [0.15, 0.2) is 46.5 Å². The van der Waals surface area contributed by atoms with Crippen LogP contribution in [0.5, 0.6) is 0 Å². The van der Waals surface area contributed by atoms with Crippen molar-refractivity contribution in [3.05, 3.63) is 46.5 Å². The predicted octanol–water partition coefficient (Wildman–Crippen LogP) is 6.42. The molecule has 4 aromatic heterocycles. The molecular weight excluding hydrogens is 296 g/mol. The molecule has 0 aromatic carbocycles. The summed E-state index contributed by atoms with van der Waals surface area (Å²) in [6.45, 7) is 0. The summed E-state index contributed by atoms with van der Waals surface area (Å²) in [4.78, 5) is 4.19. The van der Waals surface area contributed by atoms with Crippen molar-refractivity contribution in [3.8, 4) is 20.2 Å². The summed E-state index contributed by atoms with van der Waals surface area (Å²) < 4.78 is 2.85. The minimum Gasteiger partial charge on any atom is -0.144 e. The highest BCUT2D eigenvalue weighted by Gasteiger charge is 2.17. The van der Waals surface area contributed by atoms with Crippen molar-refractivity contribution < 1.29 is 0 Å². The van der Waals surface area contributed by atoms with Crippen molar-refractivity contribution in [2.75, 3.05) is 0 Å². The van der Waals surface area contributed by atoms with Gasteiger partial charge in [0, 0.05) is 20.0 Å². The van der Waals surface area contributed by atoms with Crippen LogP contribution in [0.1, 0.15) is 0 Å². The van der Waals surface area contributed by atoms with Crippen molar-refractivity contribution in [2.24, 2.45) is 0 Å². The van der Waals surface area contributed by atoms with E-state index in [2.05, 4.69) is 46.5 Å². The molecule has 4 heteroatoms. The number of hydrogen-bond acceptors (Lipinski definition) is 4. The fourth-order valence-corrected chi connectivity index (χ4v) is 6.21. The molecule has 4 aromatic rings. The first kappa shape index (κ1) is 10.9. The Balaban J connectivity index is 2.08. The lowest BCUT2D eigenvalue weighted by Gasteiger charge is -1.99. The van der Waals surface area contributed by atoms with Gasteiger partial charge >= 0.3 is 0 Å². The maximum Gasteiger partial charge on any atom is 0.0550 e. The summed E-state index contributed by atoms with van der Waals surface area (Å²) in [6.07, 6.45) is 0. The summed E-state index contributed by atoms with van der Waals surface area (Å²) >= 11 is 7.42. The van der Waals surface area contributed by atoms with Crippen LogP contribution in [0.2, 0.25) is 0 Å². The zero-order valence-corrected chi connectivity index (χ0v) is 12.5. The average molecular weight is 304 g/mol. The Morgan fingerprint density at radius 3 is 2.22 bits per heavy atom. The summed E-state index contributed by atoms with van der Waals surface area (Å²) in [5.41, 5.74) is 1.43. The zero-order chi connectivity index (χ0) is 11.9. The molecule has 0 bridgehead atoms. The molecule has 0 saturated heterocycles. The summed E-state index contributed by atoms with van der Waals surface area (Å²) in [5, 5.41) is 6.50. The van der Waals surface area contributed by atoms with Crippen molar-refractivity contribution in [1.82, 2.24) is 0 Å². The van der Waals surface area contributed by atoms with Crippen LogP contribution in [0, 0.1) is 0 Å². The fraction of sp³-hybridized carbons (Fsp3) is 0. The van der Waals surface area contributed by atoms with Gasteiger partial charge in [-0.2, -0.15) is 0 Å². The highest BCUT2D eigenvalue weighted by molar-refractivity contribution is 7.32. The molecule has 0 N–H and O–H groups in total. The monoisotopic (exact) mass is 304 g/mol. The average Bonchev–Trinajstić information content (AvgIpc) is 3.13. The Bertz CT molecular complexity index is 769. The lowest BCUT2D eigenvalue weighted by atomic mass is 10.2. The van der Waals surface area contributed by atoms with Crippen molar-refractivity contribution >= 4 is 54.7 Å². The minimum absolute atomic E-state index is 1.38. The Morgan fingerprint density at radius 1 is 0.722 bits per heavy atom. The van der Waals surface area contributed by atoms with E-state index in [0.717, 1.165) is 0 Å². The second-order valence-corrected chi connectivity index (χ2v) is 7.74. The van der Waals surface area contributed by atoms with E-state index in [9.17, 15) is 0 Å². The van der Waals surface area contributed by atoms with Gasteiger partial charge in [0.05, 0.1) is 9.58 Å². The molecule has 0 spiro atoms. The molecular formula is C14H8S4. The molecule has 4 heterocycles. The van der Waals surface area contributed by atoms with Crippen molar-refractivity contribution in [2.45, 2.75) is 0 Å². The second kappa shape index (κ2) is 4.31.